The summed E-state index contributed by atoms with van der Waals surface area (Å²) < 4.78 is 9.47. The molecule has 2 aromatic heterocycles. The van der Waals surface area contributed by atoms with Crippen LogP contribution in [0.1, 0.15) is 43.2 Å². The van der Waals surface area contributed by atoms with Gasteiger partial charge in [-0.05, 0) is 120 Å². The first-order valence-corrected chi connectivity index (χ1v) is 24.1. The fourth-order valence-corrected chi connectivity index (χ4v) is 14.3. The van der Waals surface area contributed by atoms with E-state index in [4.69, 9.17) is 4.42 Å². The number of furan rings is 1. The fraction of sp³-hybridized carbons (Fsp3) is 0.265. The van der Waals surface area contributed by atoms with Crippen LogP contribution in [0.2, 0.25) is 19.6 Å². The van der Waals surface area contributed by atoms with E-state index in [-0.39, 0.29) is 5.41 Å². The van der Waals surface area contributed by atoms with Gasteiger partial charge >= 0.3 is 0 Å². The number of anilines is 3. The number of fused-ring (bicyclic) bond motifs is 9. The average molecular weight is 722 g/mol. The first kappa shape index (κ1) is 30.8. The molecule has 0 atom stereocenters. The van der Waals surface area contributed by atoms with Crippen molar-refractivity contribution in [3.8, 4) is 11.1 Å². The molecule has 0 saturated heterocycles. The third-order valence-electron chi connectivity index (χ3n) is 14.0. The highest BCUT2D eigenvalue weighted by Gasteiger charge is 2.61. The van der Waals surface area contributed by atoms with Gasteiger partial charge in [-0.25, -0.2) is 0 Å². The maximum atomic E-state index is 6.83. The highest BCUT2D eigenvalue weighted by atomic mass is 32.1. The molecule has 6 aromatic carbocycles. The van der Waals surface area contributed by atoms with Gasteiger partial charge in [-0.3, -0.25) is 0 Å². The normalized spacial score (nSPS) is 24.2. The minimum Gasteiger partial charge on any atom is -0.454 e. The molecule has 53 heavy (non-hydrogen) atoms. The van der Waals surface area contributed by atoms with Crippen LogP contribution in [0.3, 0.4) is 0 Å². The van der Waals surface area contributed by atoms with Gasteiger partial charge in [0.15, 0.2) is 5.58 Å². The third-order valence-corrected chi connectivity index (χ3v) is 17.2. The Morgan fingerprint density at radius 2 is 1.25 bits per heavy atom. The van der Waals surface area contributed by atoms with Crippen molar-refractivity contribution in [1.82, 2.24) is 0 Å². The first-order chi connectivity index (χ1) is 25.9. The van der Waals surface area contributed by atoms with Crippen LogP contribution < -0.4 is 10.1 Å². The van der Waals surface area contributed by atoms with Crippen molar-refractivity contribution in [3.05, 3.63) is 132 Å². The molecule has 0 N–H and O–H groups in total. The van der Waals surface area contributed by atoms with E-state index in [1.54, 1.807) is 16.3 Å². The molecule has 5 aliphatic rings. The van der Waals surface area contributed by atoms with Gasteiger partial charge in [-0.2, -0.15) is 0 Å². The van der Waals surface area contributed by atoms with Gasteiger partial charge in [0, 0.05) is 42.0 Å². The zero-order valence-corrected chi connectivity index (χ0v) is 32.5. The van der Waals surface area contributed by atoms with Crippen molar-refractivity contribution in [2.75, 3.05) is 4.90 Å². The van der Waals surface area contributed by atoms with Crippen LogP contribution in [0, 0.1) is 23.7 Å². The molecular formula is C49H43NOSSi. The number of benzene rings is 6. The second kappa shape index (κ2) is 10.7. The highest BCUT2D eigenvalue weighted by Crippen LogP contribution is 2.69. The summed E-state index contributed by atoms with van der Waals surface area (Å²) in [6.07, 6.45) is 7.00. The summed E-state index contributed by atoms with van der Waals surface area (Å²) in [5.74, 6) is 3.24. The Bertz CT molecular complexity index is 2790. The molecule has 4 heteroatoms. The molecule has 260 valence electrons. The van der Waals surface area contributed by atoms with Gasteiger partial charge in [0.2, 0.25) is 0 Å². The molecule has 2 nitrogen and oxygen atoms in total. The topological polar surface area (TPSA) is 16.4 Å². The summed E-state index contributed by atoms with van der Waals surface area (Å²) in [7, 11) is -1.52. The molecule has 0 unspecified atom stereocenters. The van der Waals surface area contributed by atoms with Gasteiger partial charge < -0.3 is 9.32 Å². The molecule has 4 saturated carbocycles. The van der Waals surface area contributed by atoms with E-state index < -0.39 is 8.07 Å². The van der Waals surface area contributed by atoms with E-state index in [1.807, 2.05) is 11.3 Å². The smallest absolute Gasteiger partial charge is 0.159 e. The Balaban J connectivity index is 1.15. The van der Waals surface area contributed by atoms with E-state index in [9.17, 15) is 0 Å². The van der Waals surface area contributed by atoms with E-state index in [2.05, 4.69) is 146 Å². The van der Waals surface area contributed by atoms with Crippen LogP contribution >= 0.6 is 11.3 Å². The van der Waals surface area contributed by atoms with Crippen LogP contribution in [0.4, 0.5) is 17.1 Å². The Labute approximate surface area is 316 Å². The summed E-state index contributed by atoms with van der Waals surface area (Å²) >= 11 is 1.89. The molecule has 5 aliphatic carbocycles. The summed E-state index contributed by atoms with van der Waals surface area (Å²) in [6.45, 7) is 7.55. The molecular weight excluding hydrogens is 679 g/mol. The van der Waals surface area contributed by atoms with Crippen molar-refractivity contribution >= 4 is 83.8 Å². The molecule has 2 heterocycles. The Hall–Kier alpha value is -4.64. The largest absolute Gasteiger partial charge is 0.454 e. The number of thiophene rings is 1. The molecule has 0 amide bonds. The minimum absolute atomic E-state index is 0.0852. The predicted octanol–water partition coefficient (Wildman–Crippen LogP) is 13.7. The zero-order valence-electron chi connectivity index (χ0n) is 30.7. The van der Waals surface area contributed by atoms with Crippen molar-refractivity contribution in [1.29, 1.82) is 0 Å². The summed E-state index contributed by atoms with van der Waals surface area (Å²) in [4.78, 5) is 2.55. The Kier molecular flexibility index (Phi) is 6.24. The van der Waals surface area contributed by atoms with Crippen LogP contribution in [0.15, 0.2) is 126 Å². The van der Waals surface area contributed by atoms with Crippen molar-refractivity contribution in [2.45, 2.75) is 57.2 Å². The average Bonchev–Trinajstić information content (AvgIpc) is 3.82. The third kappa shape index (κ3) is 4.14. The minimum atomic E-state index is -1.52. The number of para-hydroxylation sites is 2. The van der Waals surface area contributed by atoms with Gasteiger partial charge in [-0.15, -0.1) is 11.3 Å². The van der Waals surface area contributed by atoms with E-state index in [0.717, 1.165) is 34.1 Å². The van der Waals surface area contributed by atoms with Crippen molar-refractivity contribution in [3.63, 3.8) is 0 Å². The van der Waals surface area contributed by atoms with Crippen LogP contribution in [-0.4, -0.2) is 8.07 Å². The highest BCUT2D eigenvalue weighted by molar-refractivity contribution is 7.26. The quantitative estimate of drug-likeness (QED) is 0.168. The van der Waals surface area contributed by atoms with Gasteiger partial charge in [-0.1, -0.05) is 104 Å². The molecule has 0 aliphatic heterocycles. The standard InChI is InChI=1S/C49H43NOSSi/c1-53(2,3)34-19-21-36-35-20-18-33(27-40(35)49(41(36)28-34)31-23-29-22-30(25-31)26-32(49)24-29)50(42-13-9-17-46-47(42)39-11-5-7-16-45(39)52-46)43-14-8-12-38-37-10-4-6-15-44(37)51-48(38)43/h4-21,27-32H,22-26H2,1-3H3. The maximum absolute atomic E-state index is 6.83. The van der Waals surface area contributed by atoms with Crippen molar-refractivity contribution < 1.29 is 4.42 Å². The second-order valence-electron chi connectivity index (χ2n) is 17.7. The van der Waals surface area contributed by atoms with Crippen LogP contribution in [0.5, 0.6) is 0 Å². The molecule has 4 fully saturated rings. The number of hydrogen-bond donors (Lipinski definition) is 0. The molecule has 4 bridgehead atoms. The monoisotopic (exact) mass is 721 g/mol. The summed E-state index contributed by atoms with van der Waals surface area (Å²) in [5, 5.41) is 6.56. The van der Waals surface area contributed by atoms with Gasteiger partial charge in [0.25, 0.3) is 0 Å². The lowest BCUT2D eigenvalue weighted by molar-refractivity contribution is -0.0399. The fourth-order valence-electron chi connectivity index (χ4n) is 12.0. The Morgan fingerprint density at radius 1 is 0.604 bits per heavy atom. The molecule has 8 aromatic rings. The molecule has 0 radical (unpaired) electrons. The van der Waals surface area contributed by atoms with Crippen LogP contribution in [-0.2, 0) is 5.41 Å². The van der Waals surface area contributed by atoms with E-state index in [0.29, 0.717) is 11.8 Å². The summed E-state index contributed by atoms with van der Waals surface area (Å²) in [5.41, 5.74) is 11.7. The summed E-state index contributed by atoms with van der Waals surface area (Å²) in [6, 6.07) is 46.3. The lowest BCUT2D eigenvalue weighted by atomic mass is 9.43. The second-order valence-corrected chi connectivity index (χ2v) is 23.9. The lowest BCUT2D eigenvalue weighted by Gasteiger charge is -2.61. The van der Waals surface area contributed by atoms with Crippen molar-refractivity contribution in [2.24, 2.45) is 23.7 Å². The SMILES string of the molecule is C[Si](C)(C)c1ccc2c(c1)C1(c3cc(N(c4cccc5c4oc4ccccc45)c4cccc5sc6ccccc6c45)ccc3-2)C2CC3CC(C2)CC1C3. The molecule has 1 spiro atoms. The lowest BCUT2D eigenvalue weighted by Crippen LogP contribution is -2.55. The van der Waals surface area contributed by atoms with E-state index >= 15 is 0 Å². The number of rotatable bonds is 4. The predicted molar refractivity (Wildman–Crippen MR) is 228 cm³/mol. The number of hydrogen-bond acceptors (Lipinski definition) is 3. The maximum Gasteiger partial charge on any atom is 0.159 e. The Morgan fingerprint density at radius 3 is 2.04 bits per heavy atom. The van der Waals surface area contributed by atoms with E-state index in [1.165, 1.54) is 80.2 Å². The van der Waals surface area contributed by atoms with Gasteiger partial charge in [0.05, 0.1) is 19.4 Å². The zero-order chi connectivity index (χ0) is 35.2. The first-order valence-electron chi connectivity index (χ1n) is 19.8. The molecule has 13 rings (SSSR count). The van der Waals surface area contributed by atoms with Crippen LogP contribution in [0.25, 0.3) is 53.2 Å². The van der Waals surface area contributed by atoms with Gasteiger partial charge in [0.1, 0.15) is 5.58 Å². The number of nitrogens with zero attached hydrogens (tertiary/aromatic N) is 1.